The van der Waals surface area contributed by atoms with Crippen LogP contribution in [0.5, 0.6) is 0 Å². The summed E-state index contributed by atoms with van der Waals surface area (Å²) in [5.74, 6) is 0. The lowest BCUT2D eigenvalue weighted by Gasteiger charge is -2.10. The molecule has 0 aliphatic heterocycles. The summed E-state index contributed by atoms with van der Waals surface area (Å²) in [5.41, 5.74) is 2.31. The molecule has 1 rings (SSSR count). The third-order valence-corrected chi connectivity index (χ3v) is 2.18. The highest BCUT2D eigenvalue weighted by molar-refractivity contribution is 5.53. The second-order valence-electron chi connectivity index (χ2n) is 3.86. The van der Waals surface area contributed by atoms with Gasteiger partial charge in [-0.15, -0.1) is 0 Å². The molecule has 84 valence electrons. The zero-order valence-electron chi connectivity index (χ0n) is 9.80. The van der Waals surface area contributed by atoms with Crippen LogP contribution in [0.15, 0.2) is 24.3 Å². The van der Waals surface area contributed by atoms with Gasteiger partial charge in [-0.05, 0) is 24.3 Å². The van der Waals surface area contributed by atoms with Crippen molar-refractivity contribution in [2.45, 2.75) is 19.9 Å². The van der Waals surface area contributed by atoms with Crippen LogP contribution in [0.3, 0.4) is 0 Å². The molecule has 0 amide bonds. The molecule has 0 atom stereocenters. The molecule has 0 heterocycles. The van der Waals surface area contributed by atoms with Crippen LogP contribution in [-0.4, -0.2) is 26.2 Å². The van der Waals surface area contributed by atoms with Gasteiger partial charge in [0, 0.05) is 37.6 Å². The average molecular weight is 207 g/mol. The Balaban J connectivity index is 2.25. The Kier molecular flexibility index (Phi) is 4.98. The zero-order chi connectivity index (χ0) is 11.1. The molecule has 1 aromatic rings. The van der Waals surface area contributed by atoms with Gasteiger partial charge in [0.1, 0.15) is 0 Å². The largest absolute Gasteiger partial charge is 0.388 e. The predicted octanol–water partition coefficient (Wildman–Crippen LogP) is 2.14. The molecule has 3 heteroatoms. The molecular weight excluding hydrogens is 186 g/mol. The van der Waals surface area contributed by atoms with Gasteiger partial charge in [-0.1, -0.05) is 13.8 Å². The average Bonchev–Trinajstić information content (AvgIpc) is 2.25. The maximum atomic E-state index is 3.36. The quantitative estimate of drug-likeness (QED) is 0.625. The first-order chi connectivity index (χ1) is 7.22. The van der Waals surface area contributed by atoms with E-state index in [2.05, 4.69) is 54.1 Å². The molecule has 0 aliphatic carbocycles. The van der Waals surface area contributed by atoms with Crippen LogP contribution in [0, 0.1) is 0 Å². The van der Waals surface area contributed by atoms with E-state index in [0.717, 1.165) is 18.8 Å². The van der Waals surface area contributed by atoms with Gasteiger partial charge in [-0.2, -0.15) is 0 Å². The Morgan fingerprint density at radius 2 is 1.60 bits per heavy atom. The van der Waals surface area contributed by atoms with Gasteiger partial charge in [-0.3, -0.25) is 0 Å². The van der Waals surface area contributed by atoms with Gasteiger partial charge in [-0.25, -0.2) is 0 Å². The monoisotopic (exact) mass is 207 g/mol. The fraction of sp³-hybridized carbons (Fsp3) is 0.500. The third kappa shape index (κ3) is 4.70. The number of benzene rings is 1. The standard InChI is InChI=1S/C12H21N3/c1-10(2)14-8-9-15-12-6-4-11(13-3)5-7-12/h4-7,10,13-15H,8-9H2,1-3H3. The number of hydrogen-bond acceptors (Lipinski definition) is 3. The Morgan fingerprint density at radius 3 is 2.13 bits per heavy atom. The SMILES string of the molecule is CNc1ccc(NCCNC(C)C)cc1. The highest BCUT2D eigenvalue weighted by Gasteiger charge is 1.93. The summed E-state index contributed by atoms with van der Waals surface area (Å²) in [5, 5.41) is 9.82. The number of hydrogen-bond donors (Lipinski definition) is 3. The first kappa shape index (κ1) is 11.9. The van der Waals surface area contributed by atoms with Crippen molar-refractivity contribution in [2.24, 2.45) is 0 Å². The molecule has 3 N–H and O–H groups in total. The van der Waals surface area contributed by atoms with E-state index in [4.69, 9.17) is 0 Å². The minimum Gasteiger partial charge on any atom is -0.388 e. The Labute approximate surface area is 92.3 Å². The van der Waals surface area contributed by atoms with Crippen molar-refractivity contribution >= 4 is 11.4 Å². The molecule has 0 aliphatic rings. The molecule has 0 radical (unpaired) electrons. The molecule has 0 bridgehead atoms. The van der Waals surface area contributed by atoms with Gasteiger partial charge >= 0.3 is 0 Å². The second-order valence-corrected chi connectivity index (χ2v) is 3.86. The van der Waals surface area contributed by atoms with E-state index in [-0.39, 0.29) is 0 Å². The van der Waals surface area contributed by atoms with E-state index < -0.39 is 0 Å². The summed E-state index contributed by atoms with van der Waals surface area (Å²) in [4.78, 5) is 0. The summed E-state index contributed by atoms with van der Waals surface area (Å²) in [6.07, 6.45) is 0. The molecule has 0 fully saturated rings. The first-order valence-corrected chi connectivity index (χ1v) is 5.47. The van der Waals surface area contributed by atoms with E-state index in [1.54, 1.807) is 0 Å². The highest BCUT2D eigenvalue weighted by Crippen LogP contribution is 2.11. The van der Waals surface area contributed by atoms with E-state index in [9.17, 15) is 0 Å². The fourth-order valence-electron chi connectivity index (χ4n) is 1.32. The molecule has 0 spiro atoms. The minimum atomic E-state index is 0.554. The van der Waals surface area contributed by atoms with Crippen LogP contribution in [-0.2, 0) is 0 Å². The van der Waals surface area contributed by atoms with Crippen LogP contribution < -0.4 is 16.0 Å². The van der Waals surface area contributed by atoms with Crippen molar-refractivity contribution in [2.75, 3.05) is 30.8 Å². The van der Waals surface area contributed by atoms with E-state index in [1.165, 1.54) is 5.69 Å². The van der Waals surface area contributed by atoms with Crippen molar-refractivity contribution in [3.05, 3.63) is 24.3 Å². The molecule has 0 aromatic heterocycles. The van der Waals surface area contributed by atoms with E-state index >= 15 is 0 Å². The second kappa shape index (κ2) is 6.30. The van der Waals surface area contributed by atoms with Gasteiger partial charge in [0.25, 0.3) is 0 Å². The molecule has 3 nitrogen and oxygen atoms in total. The van der Waals surface area contributed by atoms with Crippen LogP contribution in [0.4, 0.5) is 11.4 Å². The van der Waals surface area contributed by atoms with Crippen molar-refractivity contribution < 1.29 is 0 Å². The summed E-state index contributed by atoms with van der Waals surface area (Å²) in [6, 6.07) is 8.86. The number of anilines is 2. The number of rotatable bonds is 6. The molecule has 0 saturated heterocycles. The lowest BCUT2D eigenvalue weighted by atomic mass is 10.3. The molecule has 1 aromatic carbocycles. The number of nitrogens with one attached hydrogen (secondary N) is 3. The molecular formula is C12H21N3. The van der Waals surface area contributed by atoms with Crippen LogP contribution >= 0.6 is 0 Å². The molecule has 15 heavy (non-hydrogen) atoms. The van der Waals surface area contributed by atoms with Crippen LogP contribution in [0.25, 0.3) is 0 Å². The summed E-state index contributed by atoms with van der Waals surface area (Å²) in [6.45, 7) is 6.26. The first-order valence-electron chi connectivity index (χ1n) is 5.47. The zero-order valence-corrected chi connectivity index (χ0v) is 9.80. The van der Waals surface area contributed by atoms with E-state index in [1.807, 2.05) is 7.05 Å². The third-order valence-electron chi connectivity index (χ3n) is 2.18. The lowest BCUT2D eigenvalue weighted by Crippen LogP contribution is -2.28. The minimum absolute atomic E-state index is 0.554. The maximum Gasteiger partial charge on any atom is 0.0342 e. The Bertz CT molecular complexity index is 267. The Hall–Kier alpha value is -1.22. The van der Waals surface area contributed by atoms with Gasteiger partial charge < -0.3 is 16.0 Å². The Morgan fingerprint density at radius 1 is 1.00 bits per heavy atom. The summed E-state index contributed by atoms with van der Waals surface area (Å²) >= 11 is 0. The molecule has 0 saturated carbocycles. The van der Waals surface area contributed by atoms with Crippen LogP contribution in [0.2, 0.25) is 0 Å². The topological polar surface area (TPSA) is 36.1 Å². The molecule has 0 unspecified atom stereocenters. The van der Waals surface area contributed by atoms with Crippen molar-refractivity contribution in [1.29, 1.82) is 0 Å². The summed E-state index contributed by atoms with van der Waals surface area (Å²) < 4.78 is 0. The highest BCUT2D eigenvalue weighted by atomic mass is 15.0. The predicted molar refractivity (Wildman–Crippen MR) is 67.6 cm³/mol. The smallest absolute Gasteiger partial charge is 0.0342 e. The summed E-state index contributed by atoms with van der Waals surface area (Å²) in [7, 11) is 1.93. The van der Waals surface area contributed by atoms with Crippen molar-refractivity contribution in [1.82, 2.24) is 5.32 Å². The fourth-order valence-corrected chi connectivity index (χ4v) is 1.32. The van der Waals surface area contributed by atoms with Crippen molar-refractivity contribution in [3.63, 3.8) is 0 Å². The van der Waals surface area contributed by atoms with Gasteiger partial charge in [0.15, 0.2) is 0 Å². The normalized spacial score (nSPS) is 10.4. The van der Waals surface area contributed by atoms with Gasteiger partial charge in [0.2, 0.25) is 0 Å². The lowest BCUT2D eigenvalue weighted by molar-refractivity contribution is 0.602. The van der Waals surface area contributed by atoms with E-state index in [0.29, 0.717) is 6.04 Å². The van der Waals surface area contributed by atoms with Crippen molar-refractivity contribution in [3.8, 4) is 0 Å². The van der Waals surface area contributed by atoms with Crippen LogP contribution in [0.1, 0.15) is 13.8 Å². The maximum absolute atomic E-state index is 3.36. The van der Waals surface area contributed by atoms with Gasteiger partial charge in [0.05, 0.1) is 0 Å².